The van der Waals surface area contributed by atoms with Crippen molar-refractivity contribution in [3.8, 4) is 11.1 Å². The predicted molar refractivity (Wildman–Crippen MR) is 125 cm³/mol. The molecule has 6 nitrogen and oxygen atoms in total. The number of nitrogens with two attached hydrogens (primary N) is 1. The van der Waals surface area contributed by atoms with Gasteiger partial charge >= 0.3 is 0 Å². The van der Waals surface area contributed by atoms with E-state index in [0.29, 0.717) is 12.6 Å². The van der Waals surface area contributed by atoms with Gasteiger partial charge in [-0.25, -0.2) is 9.97 Å². The number of fused-ring (bicyclic) bond motifs is 1. The fourth-order valence-electron chi connectivity index (χ4n) is 4.20. The molecule has 6 heteroatoms. The molecule has 160 valence electrons. The lowest BCUT2D eigenvalue weighted by molar-refractivity contribution is 0.125. The fourth-order valence-corrected chi connectivity index (χ4v) is 4.20. The molecule has 1 aliphatic carbocycles. The molecule has 3 aromatic rings. The largest absolute Gasteiger partial charge is 0.394 e. The first-order valence-corrected chi connectivity index (χ1v) is 10.6. The SMILES string of the molecule is Cc1nc(N)nc2c1C(=NOCCN(C)C)CC(c1ccccc1-c1ccccc1)C2. The number of oxime groups is 1. The summed E-state index contributed by atoms with van der Waals surface area (Å²) in [5, 5.41) is 4.53. The summed E-state index contributed by atoms with van der Waals surface area (Å²) in [7, 11) is 4.04. The lowest BCUT2D eigenvalue weighted by Crippen LogP contribution is -2.24. The van der Waals surface area contributed by atoms with Crippen molar-refractivity contribution in [2.24, 2.45) is 5.16 Å². The predicted octanol–water partition coefficient (Wildman–Crippen LogP) is 4.05. The lowest BCUT2D eigenvalue weighted by Gasteiger charge is -2.28. The Balaban J connectivity index is 1.72. The maximum Gasteiger partial charge on any atom is 0.220 e. The van der Waals surface area contributed by atoms with Crippen LogP contribution in [0.3, 0.4) is 0 Å². The molecule has 1 aliphatic rings. The molecule has 0 spiro atoms. The minimum absolute atomic E-state index is 0.230. The van der Waals surface area contributed by atoms with E-state index >= 15 is 0 Å². The molecule has 0 fully saturated rings. The number of aryl methyl sites for hydroxylation is 1. The Morgan fingerprint density at radius 3 is 2.55 bits per heavy atom. The van der Waals surface area contributed by atoms with Gasteiger partial charge in [0, 0.05) is 18.5 Å². The van der Waals surface area contributed by atoms with Crippen molar-refractivity contribution in [2.75, 3.05) is 33.0 Å². The van der Waals surface area contributed by atoms with E-state index in [4.69, 9.17) is 10.6 Å². The third kappa shape index (κ3) is 4.75. The molecule has 0 aliphatic heterocycles. The fraction of sp³-hybridized carbons (Fsp3) is 0.320. The number of aromatic nitrogens is 2. The van der Waals surface area contributed by atoms with Gasteiger partial charge < -0.3 is 15.5 Å². The molecule has 1 unspecified atom stereocenters. The molecule has 4 rings (SSSR count). The number of likely N-dealkylation sites (N-methyl/N-ethyl adjacent to an activating group) is 1. The molecular weight excluding hydrogens is 386 g/mol. The monoisotopic (exact) mass is 415 g/mol. The van der Waals surface area contributed by atoms with Crippen LogP contribution in [0.4, 0.5) is 5.95 Å². The number of rotatable bonds is 6. The molecule has 0 radical (unpaired) electrons. The van der Waals surface area contributed by atoms with Crippen LogP contribution in [0.2, 0.25) is 0 Å². The van der Waals surface area contributed by atoms with E-state index in [1.165, 1.54) is 16.7 Å². The average Bonchev–Trinajstić information content (AvgIpc) is 2.76. The van der Waals surface area contributed by atoms with Crippen LogP contribution >= 0.6 is 0 Å². The second-order valence-electron chi connectivity index (χ2n) is 8.22. The second-order valence-corrected chi connectivity index (χ2v) is 8.22. The summed E-state index contributed by atoms with van der Waals surface area (Å²) in [6.45, 7) is 3.30. The molecule has 1 atom stereocenters. The number of nitrogens with zero attached hydrogens (tertiary/aromatic N) is 4. The lowest BCUT2D eigenvalue weighted by atomic mass is 9.78. The van der Waals surface area contributed by atoms with Crippen molar-refractivity contribution in [3.63, 3.8) is 0 Å². The maximum atomic E-state index is 5.99. The first-order valence-electron chi connectivity index (χ1n) is 10.6. The van der Waals surface area contributed by atoms with Gasteiger partial charge in [-0.2, -0.15) is 0 Å². The van der Waals surface area contributed by atoms with Crippen LogP contribution in [-0.2, 0) is 11.3 Å². The Labute approximate surface area is 183 Å². The zero-order valence-corrected chi connectivity index (χ0v) is 18.4. The van der Waals surface area contributed by atoms with Crippen molar-refractivity contribution in [1.29, 1.82) is 0 Å². The van der Waals surface area contributed by atoms with Gasteiger partial charge in [0.1, 0.15) is 6.61 Å². The summed E-state index contributed by atoms with van der Waals surface area (Å²) in [6, 6.07) is 19.1. The summed E-state index contributed by atoms with van der Waals surface area (Å²) >= 11 is 0. The van der Waals surface area contributed by atoms with Gasteiger partial charge in [0.05, 0.1) is 17.1 Å². The van der Waals surface area contributed by atoms with E-state index in [9.17, 15) is 0 Å². The molecule has 0 saturated heterocycles. The van der Waals surface area contributed by atoms with E-state index in [0.717, 1.165) is 42.0 Å². The Kier molecular flexibility index (Phi) is 6.28. The highest BCUT2D eigenvalue weighted by atomic mass is 16.6. The van der Waals surface area contributed by atoms with Crippen molar-refractivity contribution in [1.82, 2.24) is 14.9 Å². The van der Waals surface area contributed by atoms with E-state index in [1.54, 1.807) is 0 Å². The number of benzene rings is 2. The maximum absolute atomic E-state index is 5.99. The van der Waals surface area contributed by atoms with Crippen molar-refractivity contribution in [2.45, 2.75) is 25.7 Å². The standard InChI is InChI=1S/C25H29N5O/c1-17-24-22(28-25(26)27-17)15-19(16-23(24)29-31-14-13-30(2)3)21-12-8-7-11-20(21)18-9-5-4-6-10-18/h4-12,19H,13-16H2,1-3H3,(H2,26,27,28). The smallest absolute Gasteiger partial charge is 0.220 e. The first kappa shape index (κ1) is 21.0. The first-order chi connectivity index (χ1) is 15.0. The summed E-state index contributed by atoms with van der Waals surface area (Å²) in [6.07, 6.45) is 1.57. The van der Waals surface area contributed by atoms with Gasteiger partial charge in [0.25, 0.3) is 0 Å². The quantitative estimate of drug-likeness (QED) is 0.486. The van der Waals surface area contributed by atoms with E-state index in [2.05, 4.69) is 68.6 Å². The van der Waals surface area contributed by atoms with Crippen molar-refractivity contribution < 1.29 is 4.84 Å². The highest BCUT2D eigenvalue weighted by molar-refractivity contribution is 6.03. The molecule has 0 saturated carbocycles. The minimum Gasteiger partial charge on any atom is -0.394 e. The van der Waals surface area contributed by atoms with E-state index < -0.39 is 0 Å². The molecule has 2 aromatic carbocycles. The zero-order valence-electron chi connectivity index (χ0n) is 18.4. The molecule has 2 N–H and O–H groups in total. The van der Waals surface area contributed by atoms with Gasteiger partial charge in [-0.1, -0.05) is 59.8 Å². The number of nitrogen functional groups attached to an aromatic ring is 1. The third-order valence-electron chi connectivity index (χ3n) is 5.64. The topological polar surface area (TPSA) is 76.6 Å². The average molecular weight is 416 g/mol. The normalized spacial score (nSPS) is 17.0. The molecular formula is C25H29N5O. The summed E-state index contributed by atoms with van der Waals surface area (Å²) in [4.78, 5) is 16.7. The second kappa shape index (κ2) is 9.27. The van der Waals surface area contributed by atoms with Crippen LogP contribution in [0.1, 0.15) is 34.9 Å². The Bertz CT molecular complexity index is 1080. The zero-order chi connectivity index (χ0) is 21.8. The third-order valence-corrected chi connectivity index (χ3v) is 5.64. The summed E-state index contributed by atoms with van der Waals surface area (Å²) in [5.41, 5.74) is 13.4. The molecule has 0 amide bonds. The Hall–Kier alpha value is -3.25. The van der Waals surface area contributed by atoms with Gasteiger partial charge in [0.15, 0.2) is 0 Å². The van der Waals surface area contributed by atoms with Crippen LogP contribution < -0.4 is 5.73 Å². The van der Waals surface area contributed by atoms with Crippen LogP contribution in [0.25, 0.3) is 11.1 Å². The minimum atomic E-state index is 0.230. The number of hydrogen-bond donors (Lipinski definition) is 1. The van der Waals surface area contributed by atoms with Crippen LogP contribution in [0.15, 0.2) is 59.8 Å². The van der Waals surface area contributed by atoms with Gasteiger partial charge in [-0.3, -0.25) is 0 Å². The Morgan fingerprint density at radius 2 is 1.77 bits per heavy atom. The number of anilines is 1. The molecule has 1 heterocycles. The van der Waals surface area contributed by atoms with E-state index in [1.807, 2.05) is 27.1 Å². The van der Waals surface area contributed by atoms with Crippen molar-refractivity contribution >= 4 is 11.7 Å². The Morgan fingerprint density at radius 1 is 1.03 bits per heavy atom. The summed E-state index contributed by atoms with van der Waals surface area (Å²) < 4.78 is 0. The highest BCUT2D eigenvalue weighted by Gasteiger charge is 2.30. The van der Waals surface area contributed by atoms with Crippen molar-refractivity contribution in [3.05, 3.63) is 77.1 Å². The van der Waals surface area contributed by atoms with E-state index in [-0.39, 0.29) is 5.92 Å². The highest BCUT2D eigenvalue weighted by Crippen LogP contribution is 2.38. The van der Waals surface area contributed by atoms with Crippen LogP contribution in [0, 0.1) is 6.92 Å². The van der Waals surface area contributed by atoms with Crippen LogP contribution in [0.5, 0.6) is 0 Å². The molecule has 1 aromatic heterocycles. The van der Waals surface area contributed by atoms with Gasteiger partial charge in [-0.05, 0) is 50.0 Å². The van der Waals surface area contributed by atoms with Gasteiger partial charge in [-0.15, -0.1) is 0 Å². The summed E-state index contributed by atoms with van der Waals surface area (Å²) in [5.74, 6) is 0.537. The molecule has 31 heavy (non-hydrogen) atoms. The number of hydrogen-bond acceptors (Lipinski definition) is 6. The molecule has 0 bridgehead atoms. The van der Waals surface area contributed by atoms with Crippen LogP contribution in [-0.4, -0.2) is 47.8 Å². The van der Waals surface area contributed by atoms with Gasteiger partial charge in [0.2, 0.25) is 5.95 Å².